The van der Waals surface area contributed by atoms with E-state index in [0.717, 1.165) is 21.1 Å². The normalized spacial score (nSPS) is 10.7. The Morgan fingerprint density at radius 1 is 1.23 bits per heavy atom. The Bertz CT molecular complexity index is 1060. The molecule has 5 nitrogen and oxygen atoms in total. The number of nitrogens with zero attached hydrogens (tertiary/aromatic N) is 2. The maximum absolute atomic E-state index is 11.7. The van der Waals surface area contributed by atoms with E-state index in [1.54, 1.807) is 18.2 Å². The first-order chi connectivity index (χ1) is 12.6. The molecule has 0 saturated carbocycles. The molecule has 1 amide bonds. The zero-order valence-corrected chi connectivity index (χ0v) is 15.7. The largest absolute Gasteiger partial charge is 0.354 e. The number of carbonyl (C=O) groups is 1. The molecule has 1 aromatic heterocycles. The van der Waals surface area contributed by atoms with Gasteiger partial charge in [-0.3, -0.25) is 9.78 Å². The number of rotatable bonds is 4. The number of carbonyl (C=O) groups excluding carboxylic acids is 1. The second kappa shape index (κ2) is 8.00. The van der Waals surface area contributed by atoms with Gasteiger partial charge in [0.15, 0.2) is 0 Å². The fraction of sp³-hybridized carbons (Fsp3) is 0. The quantitative estimate of drug-likeness (QED) is 0.554. The predicted molar refractivity (Wildman–Crippen MR) is 108 cm³/mol. The van der Waals surface area contributed by atoms with Crippen molar-refractivity contribution in [3.8, 4) is 6.07 Å². The van der Waals surface area contributed by atoms with Gasteiger partial charge in [0, 0.05) is 39.0 Å². The van der Waals surface area contributed by atoms with Crippen LogP contribution in [0.4, 0.5) is 17.1 Å². The summed E-state index contributed by atoms with van der Waals surface area (Å²) in [5, 5.41) is 16.2. The van der Waals surface area contributed by atoms with Gasteiger partial charge in [-0.2, -0.15) is 5.26 Å². The highest BCUT2D eigenvalue weighted by atomic mass is 79.9. The summed E-state index contributed by atoms with van der Waals surface area (Å²) in [6.45, 7) is 0. The van der Waals surface area contributed by atoms with E-state index in [1.807, 2.05) is 24.3 Å². The highest BCUT2D eigenvalue weighted by molar-refractivity contribution is 9.10. The Hall–Kier alpha value is -2.88. The van der Waals surface area contributed by atoms with E-state index in [9.17, 15) is 10.1 Å². The van der Waals surface area contributed by atoms with Crippen molar-refractivity contribution in [3.05, 3.63) is 70.3 Å². The summed E-state index contributed by atoms with van der Waals surface area (Å²) >= 11 is 8.86. The van der Waals surface area contributed by atoms with Crippen LogP contribution in [-0.2, 0) is 4.79 Å². The number of amides is 1. The first-order valence-electron chi connectivity index (χ1n) is 7.54. The van der Waals surface area contributed by atoms with Gasteiger partial charge < -0.3 is 10.6 Å². The molecule has 0 aliphatic carbocycles. The van der Waals surface area contributed by atoms with E-state index in [0.29, 0.717) is 22.5 Å². The monoisotopic (exact) mass is 426 g/mol. The average Bonchev–Trinajstić information content (AvgIpc) is 2.62. The molecule has 3 rings (SSSR count). The van der Waals surface area contributed by atoms with Gasteiger partial charge in [-0.25, -0.2) is 0 Å². The third kappa shape index (κ3) is 4.02. The lowest BCUT2D eigenvalue weighted by Gasteiger charge is -2.13. The molecule has 1 heterocycles. The summed E-state index contributed by atoms with van der Waals surface area (Å²) in [6.07, 6.45) is 2.74. The molecule has 0 unspecified atom stereocenters. The van der Waals surface area contributed by atoms with Crippen LogP contribution >= 0.6 is 27.5 Å². The Kier molecular flexibility index (Phi) is 5.52. The van der Waals surface area contributed by atoms with Gasteiger partial charge in [-0.1, -0.05) is 33.6 Å². The van der Waals surface area contributed by atoms with Crippen molar-refractivity contribution in [2.75, 3.05) is 10.6 Å². The number of halogens is 2. The van der Waals surface area contributed by atoms with Crippen LogP contribution in [0.25, 0.3) is 10.9 Å². The van der Waals surface area contributed by atoms with Crippen molar-refractivity contribution in [2.24, 2.45) is 0 Å². The minimum atomic E-state index is -0.342. The second-order valence-electron chi connectivity index (χ2n) is 5.31. The fourth-order valence-corrected chi connectivity index (χ4v) is 2.96. The lowest BCUT2D eigenvalue weighted by molar-refractivity contribution is -0.111. The van der Waals surface area contributed by atoms with Crippen LogP contribution in [0.1, 0.15) is 5.56 Å². The number of pyridine rings is 1. The molecule has 128 valence electrons. The minimum absolute atomic E-state index is 0.342. The first-order valence-corrected chi connectivity index (χ1v) is 8.77. The number of fused-ring (bicyclic) bond motifs is 1. The van der Waals surface area contributed by atoms with Crippen molar-refractivity contribution in [2.45, 2.75) is 0 Å². The van der Waals surface area contributed by atoms with Crippen LogP contribution in [0.2, 0.25) is 0 Å². The Balaban J connectivity index is 2.09. The molecular formula is C19H12BrClN4O. The summed E-state index contributed by atoms with van der Waals surface area (Å²) in [7, 11) is 0. The predicted octanol–water partition coefficient (Wildman–Crippen LogP) is 5.30. The van der Waals surface area contributed by atoms with Gasteiger partial charge in [0.1, 0.15) is 6.07 Å². The molecule has 2 aromatic carbocycles. The van der Waals surface area contributed by atoms with E-state index in [1.165, 1.54) is 12.3 Å². The van der Waals surface area contributed by atoms with Crippen molar-refractivity contribution in [3.63, 3.8) is 0 Å². The smallest absolute Gasteiger partial charge is 0.249 e. The lowest BCUT2D eigenvalue weighted by Crippen LogP contribution is -2.07. The van der Waals surface area contributed by atoms with Gasteiger partial charge >= 0.3 is 0 Å². The van der Waals surface area contributed by atoms with Crippen LogP contribution < -0.4 is 10.6 Å². The summed E-state index contributed by atoms with van der Waals surface area (Å²) in [6, 6.07) is 15.1. The van der Waals surface area contributed by atoms with Crippen molar-refractivity contribution >= 4 is 61.4 Å². The van der Waals surface area contributed by atoms with Gasteiger partial charge in [-0.05, 0) is 36.4 Å². The molecule has 0 spiro atoms. The van der Waals surface area contributed by atoms with Gasteiger partial charge in [0.2, 0.25) is 5.91 Å². The molecule has 0 fully saturated rings. The molecule has 2 N–H and O–H groups in total. The summed E-state index contributed by atoms with van der Waals surface area (Å²) in [5.74, 6) is -0.342. The maximum Gasteiger partial charge on any atom is 0.249 e. The molecule has 7 heteroatoms. The molecule has 3 aromatic rings. The van der Waals surface area contributed by atoms with E-state index >= 15 is 0 Å². The van der Waals surface area contributed by atoms with Crippen LogP contribution in [0, 0.1) is 11.3 Å². The molecule has 26 heavy (non-hydrogen) atoms. The Labute approximate surface area is 163 Å². The zero-order chi connectivity index (χ0) is 18.5. The molecule has 0 atom stereocenters. The Morgan fingerprint density at radius 2 is 2.08 bits per heavy atom. The molecule has 0 bridgehead atoms. The third-order valence-electron chi connectivity index (χ3n) is 3.56. The van der Waals surface area contributed by atoms with E-state index < -0.39 is 0 Å². The minimum Gasteiger partial charge on any atom is -0.354 e. The maximum atomic E-state index is 11.7. The van der Waals surface area contributed by atoms with Crippen LogP contribution in [0.5, 0.6) is 0 Å². The SMILES string of the molecule is N#Cc1cnc2ccc(NC(=O)/C=C/Cl)cc2c1Nc1cccc(Br)c1. The van der Waals surface area contributed by atoms with Crippen LogP contribution in [0.15, 0.2) is 64.7 Å². The second-order valence-corrected chi connectivity index (χ2v) is 6.48. The average molecular weight is 428 g/mol. The van der Waals surface area contributed by atoms with Crippen molar-refractivity contribution < 1.29 is 4.79 Å². The highest BCUT2D eigenvalue weighted by Gasteiger charge is 2.11. The highest BCUT2D eigenvalue weighted by Crippen LogP contribution is 2.31. The summed E-state index contributed by atoms with van der Waals surface area (Å²) < 4.78 is 0.917. The Morgan fingerprint density at radius 3 is 2.81 bits per heavy atom. The number of benzene rings is 2. The third-order valence-corrected chi connectivity index (χ3v) is 4.18. The lowest BCUT2D eigenvalue weighted by atomic mass is 10.1. The van der Waals surface area contributed by atoms with E-state index in [4.69, 9.17) is 11.6 Å². The van der Waals surface area contributed by atoms with Gasteiger partial charge in [0.25, 0.3) is 0 Å². The first kappa shape index (κ1) is 17.9. The number of hydrogen-bond acceptors (Lipinski definition) is 4. The van der Waals surface area contributed by atoms with E-state index in [2.05, 4.69) is 37.6 Å². The molecule has 0 aliphatic rings. The van der Waals surface area contributed by atoms with Crippen LogP contribution in [-0.4, -0.2) is 10.9 Å². The van der Waals surface area contributed by atoms with Crippen LogP contribution in [0.3, 0.4) is 0 Å². The zero-order valence-electron chi connectivity index (χ0n) is 13.3. The number of hydrogen-bond donors (Lipinski definition) is 2. The number of nitriles is 1. The summed E-state index contributed by atoms with van der Waals surface area (Å²) in [4.78, 5) is 16.0. The molecular weight excluding hydrogens is 416 g/mol. The van der Waals surface area contributed by atoms with E-state index in [-0.39, 0.29) is 5.91 Å². The fourth-order valence-electron chi connectivity index (χ4n) is 2.44. The van der Waals surface area contributed by atoms with Gasteiger partial charge in [-0.15, -0.1) is 0 Å². The standard InChI is InChI=1S/C19H12BrClN4O/c20-13-2-1-3-14(8-13)25-19-12(10-22)11-23-17-5-4-15(9-16(17)19)24-18(26)6-7-21/h1-9,11H,(H,23,25)(H,24,26)/b7-6+. The molecule has 0 aliphatic heterocycles. The van der Waals surface area contributed by atoms with Crippen molar-refractivity contribution in [1.82, 2.24) is 4.98 Å². The molecule has 0 saturated heterocycles. The molecule has 0 radical (unpaired) electrons. The topological polar surface area (TPSA) is 77.8 Å². The van der Waals surface area contributed by atoms with Gasteiger partial charge in [0.05, 0.1) is 16.8 Å². The number of nitrogens with one attached hydrogen (secondary N) is 2. The van der Waals surface area contributed by atoms with Crippen molar-refractivity contribution in [1.29, 1.82) is 5.26 Å². The summed E-state index contributed by atoms with van der Waals surface area (Å²) in [5.41, 5.74) is 4.27. The number of aromatic nitrogens is 1. The number of anilines is 3.